The van der Waals surface area contributed by atoms with E-state index in [0.717, 1.165) is 36.6 Å². The summed E-state index contributed by atoms with van der Waals surface area (Å²) < 4.78 is 1.96. The summed E-state index contributed by atoms with van der Waals surface area (Å²) in [5.74, 6) is 0.258. The van der Waals surface area contributed by atoms with Crippen molar-refractivity contribution < 1.29 is 5.11 Å². The van der Waals surface area contributed by atoms with Crippen LogP contribution in [0.3, 0.4) is 0 Å². The van der Waals surface area contributed by atoms with E-state index in [1.807, 2.05) is 22.9 Å². The van der Waals surface area contributed by atoms with Crippen molar-refractivity contribution in [2.24, 2.45) is 5.92 Å². The first-order chi connectivity index (χ1) is 13.6. The summed E-state index contributed by atoms with van der Waals surface area (Å²) in [6.45, 7) is 7.31. The van der Waals surface area contributed by atoms with Crippen molar-refractivity contribution in [1.82, 2.24) is 20.4 Å². The van der Waals surface area contributed by atoms with Gasteiger partial charge in [-0.25, -0.2) is 4.68 Å². The van der Waals surface area contributed by atoms with E-state index in [9.17, 15) is 5.11 Å². The summed E-state index contributed by atoms with van der Waals surface area (Å²) >= 11 is 0. The largest absolute Gasteiger partial charge is 0.391 e. The predicted molar refractivity (Wildman–Crippen MR) is 120 cm³/mol. The maximum atomic E-state index is 10.0. The van der Waals surface area contributed by atoms with Gasteiger partial charge in [-0.05, 0) is 31.5 Å². The second-order valence-corrected chi connectivity index (χ2v) is 7.72. The number of aliphatic hydroxyl groups excluding tert-OH is 1. The lowest BCUT2D eigenvalue weighted by atomic mass is 10.0. The topological polar surface area (TPSA) is 62.1 Å². The molecule has 2 unspecified atom stereocenters. The molecule has 0 spiro atoms. The number of para-hydroxylation sites is 1. The van der Waals surface area contributed by atoms with Crippen molar-refractivity contribution in [3.63, 3.8) is 0 Å². The van der Waals surface area contributed by atoms with Gasteiger partial charge in [-0.2, -0.15) is 5.10 Å². The maximum Gasteiger partial charge on any atom is 0.0975 e. The average molecular weight is 413 g/mol. The molecule has 3 aromatic rings. The zero-order valence-electron chi connectivity index (χ0n) is 16.9. The Morgan fingerprint density at radius 1 is 1.14 bits per heavy atom. The van der Waals surface area contributed by atoms with Crippen LogP contribution in [0.15, 0.2) is 54.7 Å². The number of benzene rings is 2. The molecular weight excluding hydrogens is 384 g/mol. The first-order valence-electron chi connectivity index (χ1n) is 9.93. The van der Waals surface area contributed by atoms with Crippen molar-refractivity contribution in [2.45, 2.75) is 26.5 Å². The summed E-state index contributed by atoms with van der Waals surface area (Å²) in [6, 6.07) is 16.7. The molecule has 2 heterocycles. The van der Waals surface area contributed by atoms with E-state index in [1.54, 1.807) is 0 Å². The third-order valence-electron chi connectivity index (χ3n) is 5.47. The monoisotopic (exact) mass is 412 g/mol. The van der Waals surface area contributed by atoms with Crippen LogP contribution >= 0.6 is 12.4 Å². The second kappa shape index (κ2) is 9.55. The van der Waals surface area contributed by atoms with Crippen molar-refractivity contribution in [2.75, 3.05) is 19.6 Å². The molecule has 0 radical (unpaired) electrons. The molecule has 1 aliphatic heterocycles. The molecule has 6 heteroatoms. The Balaban J connectivity index is 0.00000240. The van der Waals surface area contributed by atoms with E-state index in [2.05, 4.69) is 61.0 Å². The van der Waals surface area contributed by atoms with Gasteiger partial charge in [0.25, 0.3) is 0 Å². The highest BCUT2D eigenvalue weighted by molar-refractivity contribution is 5.85. The van der Waals surface area contributed by atoms with Gasteiger partial charge in [-0.1, -0.05) is 42.0 Å². The van der Waals surface area contributed by atoms with Gasteiger partial charge in [0.15, 0.2) is 0 Å². The molecule has 2 atom stereocenters. The Bertz CT molecular complexity index is 941. The molecule has 1 aromatic heterocycles. The fraction of sp³-hybridized carbons (Fsp3) is 0.348. The highest BCUT2D eigenvalue weighted by atomic mass is 35.5. The van der Waals surface area contributed by atoms with E-state index in [1.165, 1.54) is 16.7 Å². The number of halogens is 1. The van der Waals surface area contributed by atoms with Gasteiger partial charge >= 0.3 is 0 Å². The third-order valence-corrected chi connectivity index (χ3v) is 5.47. The molecule has 1 aliphatic rings. The van der Waals surface area contributed by atoms with Gasteiger partial charge in [-0.15, -0.1) is 12.4 Å². The standard InChI is InChI=1S/C23H28N4O.ClH/c1-16-8-9-21(17(2)10-16)23-19(13-24-11-18-12-25-14-22(18)28)15-27(26-23)20-6-4-3-5-7-20;/h3-10,15,18,22,24-25,28H,11-14H2,1-2H3;1H. The number of aliphatic hydroxyl groups is 1. The number of aryl methyl sites for hydroxylation is 2. The number of nitrogens with zero attached hydrogens (tertiary/aromatic N) is 2. The molecule has 0 aliphatic carbocycles. The second-order valence-electron chi connectivity index (χ2n) is 7.72. The molecule has 1 saturated heterocycles. The molecule has 154 valence electrons. The summed E-state index contributed by atoms with van der Waals surface area (Å²) in [7, 11) is 0. The normalized spacial score (nSPS) is 18.6. The Morgan fingerprint density at radius 2 is 1.93 bits per heavy atom. The van der Waals surface area contributed by atoms with Crippen LogP contribution < -0.4 is 10.6 Å². The summed E-state index contributed by atoms with van der Waals surface area (Å²) in [5, 5.41) is 21.7. The SMILES string of the molecule is Cc1ccc(-c2nn(-c3ccccc3)cc2CNCC2CNCC2O)c(C)c1.Cl. The van der Waals surface area contributed by atoms with Crippen LogP contribution in [0.1, 0.15) is 16.7 Å². The van der Waals surface area contributed by atoms with Crippen LogP contribution in [0.5, 0.6) is 0 Å². The number of nitrogens with one attached hydrogen (secondary N) is 2. The first kappa shape index (κ1) is 21.5. The van der Waals surface area contributed by atoms with Gasteiger partial charge in [0, 0.05) is 49.4 Å². The fourth-order valence-corrected chi connectivity index (χ4v) is 3.88. The molecule has 2 aromatic carbocycles. The van der Waals surface area contributed by atoms with Crippen molar-refractivity contribution in [3.8, 4) is 16.9 Å². The number of β-amino-alcohol motifs (C(OH)–C–C–N with tert-alkyl or cyclic N) is 1. The minimum absolute atomic E-state index is 0. The van der Waals surface area contributed by atoms with Gasteiger partial charge in [0.05, 0.1) is 17.5 Å². The number of rotatable bonds is 6. The van der Waals surface area contributed by atoms with Crippen LogP contribution in [-0.2, 0) is 6.54 Å². The number of hydrogen-bond acceptors (Lipinski definition) is 4. The van der Waals surface area contributed by atoms with Gasteiger partial charge in [0.1, 0.15) is 0 Å². The summed E-state index contributed by atoms with van der Waals surface area (Å²) in [5.41, 5.74) is 6.88. The molecule has 4 rings (SSSR count). The van der Waals surface area contributed by atoms with Crippen molar-refractivity contribution in [1.29, 1.82) is 0 Å². The number of hydrogen-bond donors (Lipinski definition) is 3. The van der Waals surface area contributed by atoms with Crippen LogP contribution in [0.4, 0.5) is 0 Å². The maximum absolute atomic E-state index is 10.0. The van der Waals surface area contributed by atoms with E-state index >= 15 is 0 Å². The van der Waals surface area contributed by atoms with Gasteiger partial charge < -0.3 is 15.7 Å². The zero-order chi connectivity index (χ0) is 19.5. The Hall–Kier alpha value is -2.18. The summed E-state index contributed by atoms with van der Waals surface area (Å²) in [6.07, 6.45) is 1.85. The molecule has 0 saturated carbocycles. The lowest BCUT2D eigenvalue weighted by Crippen LogP contribution is -2.30. The quantitative estimate of drug-likeness (QED) is 0.581. The van der Waals surface area contributed by atoms with Crippen LogP contribution in [0.25, 0.3) is 16.9 Å². The Labute approximate surface area is 178 Å². The van der Waals surface area contributed by atoms with E-state index in [4.69, 9.17) is 5.10 Å². The fourth-order valence-electron chi connectivity index (χ4n) is 3.88. The lowest BCUT2D eigenvalue weighted by Gasteiger charge is -2.14. The predicted octanol–water partition coefficient (Wildman–Crippen LogP) is 3.25. The molecule has 29 heavy (non-hydrogen) atoms. The van der Waals surface area contributed by atoms with E-state index in [-0.39, 0.29) is 24.4 Å². The summed E-state index contributed by atoms with van der Waals surface area (Å²) in [4.78, 5) is 0. The molecular formula is C23H29ClN4O. The van der Waals surface area contributed by atoms with Gasteiger partial charge in [0.2, 0.25) is 0 Å². The number of aromatic nitrogens is 2. The average Bonchev–Trinajstić information content (AvgIpc) is 3.29. The Morgan fingerprint density at radius 3 is 2.62 bits per heavy atom. The minimum atomic E-state index is -0.265. The van der Waals surface area contributed by atoms with E-state index in [0.29, 0.717) is 6.54 Å². The first-order valence-corrected chi connectivity index (χ1v) is 9.93. The lowest BCUT2D eigenvalue weighted by molar-refractivity contribution is 0.146. The highest BCUT2D eigenvalue weighted by Crippen LogP contribution is 2.27. The molecule has 5 nitrogen and oxygen atoms in total. The highest BCUT2D eigenvalue weighted by Gasteiger charge is 2.24. The smallest absolute Gasteiger partial charge is 0.0975 e. The third kappa shape index (κ3) is 4.87. The van der Waals surface area contributed by atoms with Crippen molar-refractivity contribution in [3.05, 3.63) is 71.4 Å². The molecule has 1 fully saturated rings. The van der Waals surface area contributed by atoms with Crippen molar-refractivity contribution >= 4 is 12.4 Å². The molecule has 0 amide bonds. The molecule has 3 N–H and O–H groups in total. The molecule has 0 bridgehead atoms. The van der Waals surface area contributed by atoms with E-state index < -0.39 is 0 Å². The Kier molecular flexibility index (Phi) is 7.09. The minimum Gasteiger partial charge on any atom is -0.391 e. The zero-order valence-corrected chi connectivity index (χ0v) is 17.7. The van der Waals surface area contributed by atoms with Crippen LogP contribution in [0, 0.1) is 19.8 Å². The van der Waals surface area contributed by atoms with Crippen LogP contribution in [0.2, 0.25) is 0 Å². The van der Waals surface area contributed by atoms with Gasteiger partial charge in [-0.3, -0.25) is 0 Å². The van der Waals surface area contributed by atoms with Crippen LogP contribution in [-0.4, -0.2) is 40.6 Å².